The number of rotatable bonds is 6. The van der Waals surface area contributed by atoms with Crippen molar-refractivity contribution in [1.82, 2.24) is 0 Å². The molecule has 0 spiro atoms. The summed E-state index contributed by atoms with van der Waals surface area (Å²) in [6.07, 6.45) is 0.487. The van der Waals surface area contributed by atoms with Crippen LogP contribution in [-0.4, -0.2) is 24.0 Å². The standard InChI is InChI=1S/C15H13NO4/c17-11-16(10-15(18)19)12-6-8-14(9-7-12)20-13-4-2-1-3-5-13/h1-9,11H,10H2,(H,18,19). The molecule has 0 fully saturated rings. The Morgan fingerprint density at radius 1 is 1.05 bits per heavy atom. The minimum absolute atomic E-state index is 0.373. The quantitative estimate of drug-likeness (QED) is 0.820. The van der Waals surface area contributed by atoms with Crippen LogP contribution in [0.5, 0.6) is 11.5 Å². The first kappa shape index (κ1) is 13.6. The molecule has 0 heterocycles. The third kappa shape index (κ3) is 3.58. The van der Waals surface area contributed by atoms with E-state index in [0.717, 1.165) is 4.90 Å². The molecule has 0 unspecified atom stereocenters. The maximum Gasteiger partial charge on any atom is 0.323 e. The van der Waals surface area contributed by atoms with Crippen molar-refractivity contribution in [3.05, 3.63) is 54.6 Å². The van der Waals surface area contributed by atoms with Gasteiger partial charge in [-0.25, -0.2) is 0 Å². The Hall–Kier alpha value is -2.82. The lowest BCUT2D eigenvalue weighted by atomic mass is 10.2. The predicted octanol–water partition coefficient (Wildman–Crippen LogP) is 2.53. The first-order valence-corrected chi connectivity index (χ1v) is 5.96. The summed E-state index contributed by atoms with van der Waals surface area (Å²) in [7, 11) is 0. The van der Waals surface area contributed by atoms with E-state index in [1.54, 1.807) is 24.3 Å². The van der Waals surface area contributed by atoms with Crippen molar-refractivity contribution in [3.63, 3.8) is 0 Å². The van der Waals surface area contributed by atoms with Crippen molar-refractivity contribution < 1.29 is 19.4 Å². The topological polar surface area (TPSA) is 66.8 Å². The molecule has 0 saturated carbocycles. The summed E-state index contributed by atoms with van der Waals surface area (Å²) in [6, 6.07) is 15.9. The van der Waals surface area contributed by atoms with Crippen LogP contribution in [0.2, 0.25) is 0 Å². The molecule has 0 radical (unpaired) electrons. The predicted molar refractivity (Wildman–Crippen MR) is 74.0 cm³/mol. The van der Waals surface area contributed by atoms with Crippen LogP contribution in [0.15, 0.2) is 54.6 Å². The highest BCUT2D eigenvalue weighted by atomic mass is 16.5. The number of carboxylic acid groups (broad SMARTS) is 1. The fourth-order valence-corrected chi connectivity index (χ4v) is 1.67. The number of carbonyl (C=O) groups excluding carboxylic acids is 1. The summed E-state index contributed by atoms with van der Waals surface area (Å²) >= 11 is 0. The molecule has 0 aliphatic rings. The minimum Gasteiger partial charge on any atom is -0.480 e. The number of ether oxygens (including phenoxy) is 1. The van der Waals surface area contributed by atoms with Gasteiger partial charge in [-0.05, 0) is 36.4 Å². The van der Waals surface area contributed by atoms with Crippen LogP contribution in [0, 0.1) is 0 Å². The van der Waals surface area contributed by atoms with Gasteiger partial charge >= 0.3 is 5.97 Å². The second-order valence-electron chi connectivity index (χ2n) is 4.04. The first-order chi connectivity index (χ1) is 9.69. The van der Waals surface area contributed by atoms with Crippen molar-refractivity contribution in [3.8, 4) is 11.5 Å². The summed E-state index contributed by atoms with van der Waals surface area (Å²) in [5.74, 6) is 0.251. The largest absolute Gasteiger partial charge is 0.480 e. The van der Waals surface area contributed by atoms with E-state index in [2.05, 4.69) is 0 Å². The molecular formula is C15H13NO4. The van der Waals surface area contributed by atoms with Gasteiger partial charge in [-0.1, -0.05) is 18.2 Å². The first-order valence-electron chi connectivity index (χ1n) is 5.96. The van der Waals surface area contributed by atoms with Gasteiger partial charge in [0.2, 0.25) is 6.41 Å². The van der Waals surface area contributed by atoms with Gasteiger partial charge in [0.25, 0.3) is 0 Å². The summed E-state index contributed by atoms with van der Waals surface area (Å²) in [5, 5.41) is 8.70. The Morgan fingerprint density at radius 3 is 2.20 bits per heavy atom. The lowest BCUT2D eigenvalue weighted by Gasteiger charge is -2.15. The number of hydrogen-bond donors (Lipinski definition) is 1. The van der Waals surface area contributed by atoms with Gasteiger partial charge in [-0.2, -0.15) is 0 Å². The Balaban J connectivity index is 2.09. The maximum absolute atomic E-state index is 10.8. The van der Waals surface area contributed by atoms with Crippen LogP contribution in [0.1, 0.15) is 0 Å². The van der Waals surface area contributed by atoms with Gasteiger partial charge in [-0.15, -0.1) is 0 Å². The second kappa shape index (κ2) is 6.38. The highest BCUT2D eigenvalue weighted by Gasteiger charge is 2.09. The molecule has 2 rings (SSSR count). The van der Waals surface area contributed by atoms with Crippen LogP contribution in [0.3, 0.4) is 0 Å². The molecule has 0 atom stereocenters. The molecule has 20 heavy (non-hydrogen) atoms. The number of carbonyl (C=O) groups is 2. The summed E-state index contributed by atoms with van der Waals surface area (Å²) in [6.45, 7) is -0.373. The van der Waals surface area contributed by atoms with Gasteiger partial charge in [0.1, 0.15) is 18.0 Å². The van der Waals surface area contributed by atoms with Crippen molar-refractivity contribution in [1.29, 1.82) is 0 Å². The van der Waals surface area contributed by atoms with E-state index in [4.69, 9.17) is 9.84 Å². The van der Waals surface area contributed by atoms with E-state index in [0.29, 0.717) is 23.6 Å². The second-order valence-corrected chi connectivity index (χ2v) is 4.04. The number of aliphatic carboxylic acids is 1. The number of amides is 1. The zero-order valence-electron chi connectivity index (χ0n) is 10.6. The molecule has 0 saturated heterocycles. The molecule has 5 heteroatoms. The molecule has 102 valence electrons. The lowest BCUT2D eigenvalue weighted by Crippen LogP contribution is -2.27. The smallest absolute Gasteiger partial charge is 0.323 e. The number of para-hydroxylation sites is 1. The van der Waals surface area contributed by atoms with E-state index in [9.17, 15) is 9.59 Å². The molecule has 2 aromatic carbocycles. The van der Waals surface area contributed by atoms with Crippen LogP contribution >= 0.6 is 0 Å². The molecule has 1 amide bonds. The normalized spacial score (nSPS) is 9.80. The third-order valence-electron chi connectivity index (χ3n) is 2.58. The number of anilines is 1. The molecule has 5 nitrogen and oxygen atoms in total. The van der Waals surface area contributed by atoms with Crippen LogP contribution in [0.25, 0.3) is 0 Å². The Bertz CT molecular complexity index is 581. The van der Waals surface area contributed by atoms with Gasteiger partial charge in [0.05, 0.1) is 0 Å². The number of benzene rings is 2. The van der Waals surface area contributed by atoms with Crippen molar-refractivity contribution in [2.75, 3.05) is 11.4 Å². The number of nitrogens with zero attached hydrogens (tertiary/aromatic N) is 1. The Kier molecular flexibility index (Phi) is 4.34. The molecular weight excluding hydrogens is 258 g/mol. The molecule has 0 aromatic heterocycles. The van der Waals surface area contributed by atoms with Crippen LogP contribution < -0.4 is 9.64 Å². The van der Waals surface area contributed by atoms with Crippen LogP contribution in [-0.2, 0) is 9.59 Å². The molecule has 0 bridgehead atoms. The van der Waals surface area contributed by atoms with Gasteiger partial charge in [0.15, 0.2) is 0 Å². The lowest BCUT2D eigenvalue weighted by molar-refractivity contribution is -0.136. The highest BCUT2D eigenvalue weighted by molar-refractivity contribution is 5.84. The summed E-state index contributed by atoms with van der Waals surface area (Å²) in [4.78, 5) is 22.6. The zero-order chi connectivity index (χ0) is 14.4. The maximum atomic E-state index is 10.8. The Labute approximate surface area is 116 Å². The summed E-state index contributed by atoms with van der Waals surface area (Å²) in [5.41, 5.74) is 0.503. The third-order valence-corrected chi connectivity index (χ3v) is 2.58. The molecule has 1 N–H and O–H groups in total. The molecule has 0 aliphatic heterocycles. The molecule has 2 aromatic rings. The van der Waals surface area contributed by atoms with Gasteiger partial charge in [-0.3, -0.25) is 9.59 Å². The number of hydrogen-bond acceptors (Lipinski definition) is 3. The van der Waals surface area contributed by atoms with E-state index in [-0.39, 0.29) is 6.54 Å². The summed E-state index contributed by atoms with van der Waals surface area (Å²) < 4.78 is 5.60. The van der Waals surface area contributed by atoms with Crippen molar-refractivity contribution in [2.24, 2.45) is 0 Å². The van der Waals surface area contributed by atoms with E-state index in [1.165, 1.54) is 0 Å². The van der Waals surface area contributed by atoms with E-state index in [1.807, 2.05) is 30.3 Å². The monoisotopic (exact) mass is 271 g/mol. The zero-order valence-corrected chi connectivity index (χ0v) is 10.6. The number of carboxylic acids is 1. The average Bonchev–Trinajstić information content (AvgIpc) is 2.46. The minimum atomic E-state index is -1.07. The van der Waals surface area contributed by atoms with E-state index < -0.39 is 5.97 Å². The highest BCUT2D eigenvalue weighted by Crippen LogP contribution is 2.23. The average molecular weight is 271 g/mol. The van der Waals surface area contributed by atoms with Crippen molar-refractivity contribution >= 4 is 18.1 Å². The molecule has 0 aliphatic carbocycles. The fraction of sp³-hybridized carbons (Fsp3) is 0.0667. The van der Waals surface area contributed by atoms with Gasteiger partial charge in [0, 0.05) is 5.69 Å². The van der Waals surface area contributed by atoms with Gasteiger partial charge < -0.3 is 14.7 Å². The SMILES string of the molecule is O=CN(CC(=O)O)c1ccc(Oc2ccccc2)cc1. The Morgan fingerprint density at radius 2 is 1.65 bits per heavy atom. The van der Waals surface area contributed by atoms with Crippen molar-refractivity contribution in [2.45, 2.75) is 0 Å². The van der Waals surface area contributed by atoms with Crippen LogP contribution in [0.4, 0.5) is 5.69 Å². The fourth-order valence-electron chi connectivity index (χ4n) is 1.67. The van der Waals surface area contributed by atoms with E-state index >= 15 is 0 Å².